The smallest absolute Gasteiger partial charge is 0.282 e. The number of para-hydroxylation sites is 1. The van der Waals surface area contributed by atoms with E-state index in [9.17, 15) is 19.7 Å². The molecule has 2 aromatic rings. The van der Waals surface area contributed by atoms with Crippen molar-refractivity contribution < 1.29 is 14.5 Å². The Balaban J connectivity index is 1.65. The summed E-state index contributed by atoms with van der Waals surface area (Å²) in [6.07, 6.45) is 1.51. The highest BCUT2D eigenvalue weighted by atomic mass is 16.6. The zero-order valence-corrected chi connectivity index (χ0v) is 15.3. The van der Waals surface area contributed by atoms with Gasteiger partial charge in [0.25, 0.3) is 11.6 Å². The van der Waals surface area contributed by atoms with E-state index in [2.05, 4.69) is 10.2 Å². The molecule has 1 aliphatic heterocycles. The second kappa shape index (κ2) is 8.62. The molecule has 0 radical (unpaired) electrons. The third kappa shape index (κ3) is 4.72. The van der Waals surface area contributed by atoms with Gasteiger partial charge in [-0.05, 0) is 49.7 Å². The maximum absolute atomic E-state index is 12.5. The molecule has 8 heteroatoms. The lowest BCUT2D eigenvalue weighted by Gasteiger charge is -2.30. The number of anilines is 1. The van der Waals surface area contributed by atoms with Crippen LogP contribution in [0.5, 0.6) is 0 Å². The second-order valence-corrected chi connectivity index (χ2v) is 6.88. The molecule has 1 fully saturated rings. The van der Waals surface area contributed by atoms with Crippen LogP contribution in [0.3, 0.4) is 0 Å². The van der Waals surface area contributed by atoms with Crippen LogP contribution in [0.1, 0.15) is 28.8 Å². The normalized spacial score (nSPS) is 15.1. The number of nitrogens with zero attached hydrogens (tertiary/aromatic N) is 2. The fourth-order valence-corrected chi connectivity index (χ4v) is 3.40. The van der Waals surface area contributed by atoms with Gasteiger partial charge in [0.1, 0.15) is 5.56 Å². The minimum absolute atomic E-state index is 0.0198. The summed E-state index contributed by atoms with van der Waals surface area (Å²) in [6.45, 7) is 2.28. The van der Waals surface area contributed by atoms with E-state index in [1.165, 1.54) is 18.2 Å². The van der Waals surface area contributed by atoms with Crippen molar-refractivity contribution in [3.63, 3.8) is 0 Å². The Morgan fingerprint density at radius 1 is 1.14 bits per heavy atom. The molecule has 0 bridgehead atoms. The molecule has 0 saturated carbocycles. The Morgan fingerprint density at radius 3 is 2.54 bits per heavy atom. The first-order valence-corrected chi connectivity index (χ1v) is 9.09. The predicted octanol–water partition coefficient (Wildman–Crippen LogP) is 2.54. The lowest BCUT2D eigenvalue weighted by molar-refractivity contribution is -0.385. The van der Waals surface area contributed by atoms with Gasteiger partial charge in [0.05, 0.1) is 4.92 Å². The van der Waals surface area contributed by atoms with E-state index in [0.717, 1.165) is 31.5 Å². The van der Waals surface area contributed by atoms with Crippen LogP contribution in [0.4, 0.5) is 11.4 Å². The van der Waals surface area contributed by atoms with Crippen molar-refractivity contribution in [1.82, 2.24) is 4.90 Å². The van der Waals surface area contributed by atoms with Crippen LogP contribution >= 0.6 is 0 Å². The van der Waals surface area contributed by atoms with Crippen molar-refractivity contribution in [3.8, 4) is 0 Å². The number of amides is 2. The van der Waals surface area contributed by atoms with Crippen LogP contribution in [0.25, 0.3) is 0 Å². The van der Waals surface area contributed by atoms with E-state index < -0.39 is 10.8 Å². The summed E-state index contributed by atoms with van der Waals surface area (Å²) in [4.78, 5) is 36.5. The average Bonchev–Trinajstić information content (AvgIpc) is 2.68. The van der Waals surface area contributed by atoms with Gasteiger partial charge in [0.15, 0.2) is 0 Å². The quantitative estimate of drug-likeness (QED) is 0.588. The van der Waals surface area contributed by atoms with Crippen molar-refractivity contribution in [2.24, 2.45) is 11.7 Å². The van der Waals surface area contributed by atoms with Gasteiger partial charge in [-0.3, -0.25) is 24.6 Å². The van der Waals surface area contributed by atoms with Crippen LogP contribution in [0.15, 0.2) is 48.5 Å². The van der Waals surface area contributed by atoms with Crippen molar-refractivity contribution >= 4 is 23.2 Å². The lowest BCUT2D eigenvalue weighted by atomic mass is 9.96. The number of likely N-dealkylation sites (tertiary alicyclic amines) is 1. The number of nitro groups is 1. The largest absolute Gasteiger partial charge is 0.369 e. The van der Waals surface area contributed by atoms with Gasteiger partial charge in [-0.1, -0.05) is 24.3 Å². The van der Waals surface area contributed by atoms with Gasteiger partial charge < -0.3 is 11.1 Å². The number of nitrogens with two attached hydrogens (primary N) is 1. The van der Waals surface area contributed by atoms with Crippen molar-refractivity contribution in [2.75, 3.05) is 18.4 Å². The zero-order chi connectivity index (χ0) is 20.1. The zero-order valence-electron chi connectivity index (χ0n) is 15.3. The lowest BCUT2D eigenvalue weighted by Crippen LogP contribution is -2.38. The van der Waals surface area contributed by atoms with Crippen LogP contribution in [0.2, 0.25) is 0 Å². The average molecular weight is 382 g/mol. The number of nitro benzene ring substituents is 1. The van der Waals surface area contributed by atoms with E-state index in [0.29, 0.717) is 12.2 Å². The maximum atomic E-state index is 12.5. The highest BCUT2D eigenvalue weighted by Crippen LogP contribution is 2.22. The van der Waals surface area contributed by atoms with E-state index >= 15 is 0 Å². The number of rotatable bonds is 6. The first-order chi connectivity index (χ1) is 13.4. The number of primary amides is 1. The molecule has 0 aliphatic carbocycles. The Hall–Kier alpha value is -3.26. The molecule has 0 aromatic heterocycles. The van der Waals surface area contributed by atoms with E-state index in [1.807, 2.05) is 18.2 Å². The molecular formula is C20H22N4O4. The topological polar surface area (TPSA) is 119 Å². The number of piperidine rings is 1. The first-order valence-electron chi connectivity index (χ1n) is 9.09. The third-order valence-corrected chi connectivity index (χ3v) is 4.93. The Morgan fingerprint density at radius 2 is 1.86 bits per heavy atom. The van der Waals surface area contributed by atoms with Crippen LogP contribution < -0.4 is 11.1 Å². The molecule has 0 spiro atoms. The predicted molar refractivity (Wildman–Crippen MR) is 105 cm³/mol. The molecule has 3 rings (SSSR count). The van der Waals surface area contributed by atoms with Crippen LogP contribution in [-0.2, 0) is 11.3 Å². The third-order valence-electron chi connectivity index (χ3n) is 4.93. The van der Waals surface area contributed by atoms with Gasteiger partial charge >= 0.3 is 0 Å². The van der Waals surface area contributed by atoms with Gasteiger partial charge in [-0.25, -0.2) is 0 Å². The molecule has 2 amide bonds. The summed E-state index contributed by atoms with van der Waals surface area (Å²) in [7, 11) is 0. The fourth-order valence-electron chi connectivity index (χ4n) is 3.40. The van der Waals surface area contributed by atoms with Crippen LogP contribution in [-0.4, -0.2) is 34.7 Å². The second-order valence-electron chi connectivity index (χ2n) is 6.88. The minimum Gasteiger partial charge on any atom is -0.369 e. The Bertz CT molecular complexity index is 891. The number of carbonyl (C=O) groups is 2. The number of hydrogen-bond acceptors (Lipinski definition) is 5. The fraction of sp³-hybridized carbons (Fsp3) is 0.300. The summed E-state index contributed by atoms with van der Waals surface area (Å²) >= 11 is 0. The van der Waals surface area contributed by atoms with Gasteiger partial charge in [0, 0.05) is 24.2 Å². The summed E-state index contributed by atoms with van der Waals surface area (Å²) < 4.78 is 0. The number of hydrogen-bond donors (Lipinski definition) is 2. The van der Waals surface area contributed by atoms with E-state index in [4.69, 9.17) is 5.73 Å². The SMILES string of the molecule is NC(=O)C1CCN(Cc2cccc(NC(=O)c3ccccc3[N+](=O)[O-])c2)CC1. The van der Waals surface area contributed by atoms with Crippen molar-refractivity contribution in [3.05, 3.63) is 69.8 Å². The standard InChI is InChI=1S/C20H22N4O4/c21-19(25)15-8-10-23(11-9-15)13-14-4-3-5-16(12-14)22-20(26)17-6-1-2-7-18(17)24(27)28/h1-7,12,15H,8-11,13H2,(H2,21,25)(H,22,26). The van der Waals surface area contributed by atoms with Crippen molar-refractivity contribution in [1.29, 1.82) is 0 Å². The van der Waals surface area contributed by atoms with E-state index in [1.54, 1.807) is 12.1 Å². The number of carbonyl (C=O) groups excluding carboxylic acids is 2. The molecule has 1 saturated heterocycles. The summed E-state index contributed by atoms with van der Waals surface area (Å²) in [5.74, 6) is -0.811. The molecule has 0 atom stereocenters. The number of nitrogens with one attached hydrogen (secondary N) is 1. The summed E-state index contributed by atoms with van der Waals surface area (Å²) in [5, 5.41) is 13.8. The summed E-state index contributed by atoms with van der Waals surface area (Å²) in [6, 6.07) is 13.2. The first kappa shape index (κ1) is 19.5. The van der Waals surface area contributed by atoms with Gasteiger partial charge in [-0.2, -0.15) is 0 Å². The molecule has 1 aliphatic rings. The molecule has 146 valence electrons. The minimum atomic E-state index is -0.568. The van der Waals surface area contributed by atoms with Crippen LogP contribution in [0, 0.1) is 16.0 Å². The van der Waals surface area contributed by atoms with Gasteiger partial charge in [-0.15, -0.1) is 0 Å². The maximum Gasteiger partial charge on any atom is 0.282 e. The number of benzene rings is 2. The Labute approximate surface area is 162 Å². The van der Waals surface area contributed by atoms with Crippen molar-refractivity contribution in [2.45, 2.75) is 19.4 Å². The highest BCUT2D eigenvalue weighted by Gasteiger charge is 2.23. The molecular weight excluding hydrogens is 360 g/mol. The Kier molecular flexibility index (Phi) is 6.00. The molecule has 1 heterocycles. The van der Waals surface area contributed by atoms with E-state index in [-0.39, 0.29) is 23.1 Å². The summed E-state index contributed by atoms with van der Waals surface area (Å²) in [5.41, 5.74) is 6.75. The molecule has 28 heavy (non-hydrogen) atoms. The molecule has 3 N–H and O–H groups in total. The molecule has 2 aromatic carbocycles. The molecule has 8 nitrogen and oxygen atoms in total. The molecule has 0 unspecified atom stereocenters. The van der Waals surface area contributed by atoms with Gasteiger partial charge in [0.2, 0.25) is 5.91 Å². The monoisotopic (exact) mass is 382 g/mol. The highest BCUT2D eigenvalue weighted by molar-refractivity contribution is 6.07.